The molecule has 1 aliphatic rings. The van der Waals surface area contributed by atoms with Gasteiger partial charge in [0.05, 0.1) is 35.4 Å². The Morgan fingerprint density at radius 1 is 0.857 bits per heavy atom. The number of hydrogen-bond donors (Lipinski definition) is 2. The number of carbonyl (C=O) groups excluding carboxylic acids is 2. The summed E-state index contributed by atoms with van der Waals surface area (Å²) in [7, 11) is -3.65. The van der Waals surface area contributed by atoms with Gasteiger partial charge < -0.3 is 15.4 Å². The van der Waals surface area contributed by atoms with E-state index in [4.69, 9.17) is 4.74 Å². The Bertz CT molecular complexity index is 1290. The summed E-state index contributed by atoms with van der Waals surface area (Å²) < 4.78 is 32.2. The lowest BCUT2D eigenvalue weighted by Crippen LogP contribution is -2.40. The van der Waals surface area contributed by atoms with Crippen LogP contribution in [-0.2, 0) is 14.8 Å². The van der Waals surface area contributed by atoms with E-state index in [0.29, 0.717) is 37.6 Å². The lowest BCUT2D eigenvalue weighted by atomic mass is 10.1. The molecule has 1 saturated heterocycles. The lowest BCUT2D eigenvalue weighted by molar-refractivity contribution is 0.0730. The summed E-state index contributed by atoms with van der Waals surface area (Å²) in [5.74, 6) is -0.763. The maximum absolute atomic E-state index is 12.9. The quantitative estimate of drug-likeness (QED) is 0.525. The number of rotatable bonds is 7. The molecule has 9 heteroatoms. The van der Waals surface area contributed by atoms with E-state index in [0.717, 1.165) is 5.56 Å². The van der Waals surface area contributed by atoms with Crippen LogP contribution in [0.5, 0.6) is 0 Å². The first-order chi connectivity index (χ1) is 16.9. The Balaban J connectivity index is 1.46. The first kappa shape index (κ1) is 24.6. The van der Waals surface area contributed by atoms with E-state index in [9.17, 15) is 18.0 Å². The molecule has 1 aliphatic heterocycles. The number of nitrogens with one attached hydrogen (secondary N) is 2. The maximum atomic E-state index is 12.9. The SMILES string of the molecule is CC(NC(=O)c1ccccc1NC(=O)c1ccc(S(=O)(=O)N2CCOCC2)cc1)c1ccccc1. The Hall–Kier alpha value is -3.53. The highest BCUT2D eigenvalue weighted by molar-refractivity contribution is 7.89. The molecule has 182 valence electrons. The van der Waals surface area contributed by atoms with Gasteiger partial charge in [-0.05, 0) is 48.9 Å². The highest BCUT2D eigenvalue weighted by Crippen LogP contribution is 2.21. The van der Waals surface area contributed by atoms with Crippen LogP contribution in [0.3, 0.4) is 0 Å². The lowest BCUT2D eigenvalue weighted by Gasteiger charge is -2.26. The van der Waals surface area contributed by atoms with E-state index < -0.39 is 15.9 Å². The molecular weight excluding hydrogens is 466 g/mol. The van der Waals surface area contributed by atoms with E-state index >= 15 is 0 Å². The average Bonchev–Trinajstić information content (AvgIpc) is 2.90. The minimum Gasteiger partial charge on any atom is -0.379 e. The highest BCUT2D eigenvalue weighted by Gasteiger charge is 2.26. The molecule has 1 fully saturated rings. The molecule has 1 unspecified atom stereocenters. The Morgan fingerprint density at radius 2 is 1.49 bits per heavy atom. The van der Waals surface area contributed by atoms with Crippen molar-refractivity contribution in [2.75, 3.05) is 31.6 Å². The van der Waals surface area contributed by atoms with Gasteiger partial charge in [-0.3, -0.25) is 9.59 Å². The Morgan fingerprint density at radius 3 is 2.17 bits per heavy atom. The molecule has 0 radical (unpaired) electrons. The molecule has 35 heavy (non-hydrogen) atoms. The fourth-order valence-corrected chi connectivity index (χ4v) is 5.21. The first-order valence-electron chi connectivity index (χ1n) is 11.3. The van der Waals surface area contributed by atoms with E-state index in [1.165, 1.54) is 28.6 Å². The number of benzene rings is 3. The van der Waals surface area contributed by atoms with E-state index in [1.54, 1.807) is 24.3 Å². The van der Waals surface area contributed by atoms with Gasteiger partial charge in [-0.1, -0.05) is 42.5 Å². The van der Waals surface area contributed by atoms with Crippen LogP contribution >= 0.6 is 0 Å². The van der Waals surface area contributed by atoms with Crippen LogP contribution in [0.25, 0.3) is 0 Å². The summed E-state index contributed by atoms with van der Waals surface area (Å²) in [5.41, 5.74) is 1.93. The van der Waals surface area contributed by atoms with Gasteiger partial charge in [0, 0.05) is 18.7 Å². The highest BCUT2D eigenvalue weighted by atomic mass is 32.2. The molecule has 1 atom stereocenters. The first-order valence-corrected chi connectivity index (χ1v) is 12.7. The molecule has 2 amide bonds. The molecule has 3 aromatic rings. The molecular formula is C26H27N3O5S. The smallest absolute Gasteiger partial charge is 0.255 e. The summed E-state index contributed by atoms with van der Waals surface area (Å²) in [6.07, 6.45) is 0. The fourth-order valence-electron chi connectivity index (χ4n) is 3.80. The average molecular weight is 494 g/mol. The second-order valence-corrected chi connectivity index (χ2v) is 10.1. The minimum absolute atomic E-state index is 0.116. The van der Waals surface area contributed by atoms with Gasteiger partial charge in [0.1, 0.15) is 0 Å². The second kappa shape index (κ2) is 10.8. The zero-order valence-corrected chi connectivity index (χ0v) is 20.1. The summed E-state index contributed by atoms with van der Waals surface area (Å²) in [4.78, 5) is 25.9. The molecule has 0 saturated carbocycles. The number of amides is 2. The minimum atomic E-state index is -3.65. The van der Waals surface area contributed by atoms with Gasteiger partial charge in [0.25, 0.3) is 11.8 Å². The number of anilines is 1. The Labute approximate surface area is 205 Å². The van der Waals surface area contributed by atoms with E-state index in [2.05, 4.69) is 10.6 Å². The van der Waals surface area contributed by atoms with Gasteiger partial charge in [-0.15, -0.1) is 0 Å². The molecule has 0 bridgehead atoms. The molecule has 4 rings (SSSR count). The molecule has 0 aliphatic carbocycles. The van der Waals surface area contributed by atoms with Crippen molar-refractivity contribution < 1.29 is 22.7 Å². The number of nitrogens with zero attached hydrogens (tertiary/aromatic N) is 1. The van der Waals surface area contributed by atoms with Gasteiger partial charge in [0.15, 0.2) is 0 Å². The van der Waals surface area contributed by atoms with E-state index in [1.807, 2.05) is 37.3 Å². The van der Waals surface area contributed by atoms with Gasteiger partial charge >= 0.3 is 0 Å². The summed E-state index contributed by atoms with van der Waals surface area (Å²) in [6.45, 7) is 3.20. The number of hydrogen-bond acceptors (Lipinski definition) is 5. The number of ether oxygens (including phenoxy) is 1. The van der Waals surface area contributed by atoms with Crippen molar-refractivity contribution in [1.29, 1.82) is 0 Å². The number of carbonyl (C=O) groups is 2. The van der Waals surface area contributed by atoms with Gasteiger partial charge in [-0.2, -0.15) is 4.31 Å². The number of para-hydroxylation sites is 1. The van der Waals surface area contributed by atoms with Crippen molar-refractivity contribution in [2.24, 2.45) is 0 Å². The largest absolute Gasteiger partial charge is 0.379 e. The van der Waals surface area contributed by atoms with Crippen molar-refractivity contribution in [3.05, 3.63) is 95.6 Å². The van der Waals surface area contributed by atoms with Crippen molar-refractivity contribution in [3.63, 3.8) is 0 Å². The fraction of sp³-hybridized carbons (Fsp3) is 0.231. The summed E-state index contributed by atoms with van der Waals surface area (Å²) >= 11 is 0. The monoisotopic (exact) mass is 493 g/mol. The van der Waals surface area contributed by atoms with Crippen LogP contribution in [0.4, 0.5) is 5.69 Å². The van der Waals surface area contributed by atoms with Crippen molar-refractivity contribution in [1.82, 2.24) is 9.62 Å². The van der Waals surface area contributed by atoms with Crippen molar-refractivity contribution >= 4 is 27.5 Å². The summed E-state index contributed by atoms with van der Waals surface area (Å²) in [6, 6.07) is 21.9. The number of morpholine rings is 1. The molecule has 1 heterocycles. The molecule has 8 nitrogen and oxygen atoms in total. The standard InChI is InChI=1S/C26H27N3O5S/c1-19(20-7-3-2-4-8-20)27-26(31)23-9-5-6-10-24(23)28-25(30)21-11-13-22(14-12-21)35(32,33)29-15-17-34-18-16-29/h2-14,19H,15-18H2,1H3,(H,27,31)(H,28,30). The third kappa shape index (κ3) is 5.76. The second-order valence-electron chi connectivity index (χ2n) is 8.15. The molecule has 3 aromatic carbocycles. The van der Waals surface area contributed by atoms with Gasteiger partial charge in [0.2, 0.25) is 10.0 Å². The topological polar surface area (TPSA) is 105 Å². The molecule has 0 spiro atoms. The van der Waals surface area contributed by atoms with E-state index in [-0.39, 0.29) is 22.4 Å². The van der Waals surface area contributed by atoms with Crippen LogP contribution in [0, 0.1) is 0 Å². The van der Waals surface area contributed by atoms with Crippen LogP contribution in [0.15, 0.2) is 83.8 Å². The third-order valence-electron chi connectivity index (χ3n) is 5.79. The Kier molecular flexibility index (Phi) is 7.60. The normalized spacial score (nSPS) is 15.2. The van der Waals surface area contributed by atoms with Gasteiger partial charge in [-0.25, -0.2) is 8.42 Å². The van der Waals surface area contributed by atoms with Crippen LogP contribution in [-0.4, -0.2) is 50.8 Å². The third-order valence-corrected chi connectivity index (χ3v) is 7.70. The number of sulfonamides is 1. The summed E-state index contributed by atoms with van der Waals surface area (Å²) in [5, 5.41) is 5.72. The zero-order valence-electron chi connectivity index (χ0n) is 19.3. The predicted octanol–water partition coefficient (Wildman–Crippen LogP) is 3.45. The van der Waals surface area contributed by atoms with Crippen LogP contribution in [0.2, 0.25) is 0 Å². The predicted molar refractivity (Wildman–Crippen MR) is 133 cm³/mol. The van der Waals surface area contributed by atoms with Crippen molar-refractivity contribution in [2.45, 2.75) is 17.9 Å². The zero-order chi connectivity index (χ0) is 24.8. The van der Waals surface area contributed by atoms with Crippen LogP contribution in [0.1, 0.15) is 39.2 Å². The molecule has 2 N–H and O–H groups in total. The van der Waals surface area contributed by atoms with Crippen LogP contribution < -0.4 is 10.6 Å². The van der Waals surface area contributed by atoms with Crippen molar-refractivity contribution in [3.8, 4) is 0 Å². The maximum Gasteiger partial charge on any atom is 0.255 e. The molecule has 0 aromatic heterocycles.